The van der Waals surface area contributed by atoms with E-state index in [1.165, 1.54) is 0 Å². The summed E-state index contributed by atoms with van der Waals surface area (Å²) in [5.41, 5.74) is 1.68. The number of hydrogen-bond donors (Lipinski definition) is 3. The molecule has 0 atom stereocenters. The van der Waals surface area contributed by atoms with Crippen molar-refractivity contribution in [2.45, 2.75) is 12.8 Å². The summed E-state index contributed by atoms with van der Waals surface area (Å²) in [6.07, 6.45) is 1.92. The summed E-state index contributed by atoms with van der Waals surface area (Å²) in [5.74, 6) is -0.193. The minimum absolute atomic E-state index is 0.0655. The maximum Gasteiger partial charge on any atom is 0.255 e. The second kappa shape index (κ2) is 8.78. The zero-order valence-corrected chi connectivity index (χ0v) is 16.5. The molecule has 3 aromatic rings. The Hall–Kier alpha value is -3.67. The van der Waals surface area contributed by atoms with Gasteiger partial charge in [0.25, 0.3) is 11.8 Å². The first kappa shape index (κ1) is 19.6. The highest BCUT2D eigenvalue weighted by Gasteiger charge is 2.28. The number of carbonyl (C=O) groups excluding carboxylic acids is 3. The Balaban J connectivity index is 1.29. The highest BCUT2D eigenvalue weighted by atomic mass is 16.2. The molecule has 1 saturated carbocycles. The van der Waals surface area contributed by atoms with Crippen molar-refractivity contribution in [3.63, 3.8) is 0 Å². The molecule has 3 N–H and O–H groups in total. The molecule has 3 aromatic carbocycles. The minimum Gasteiger partial charge on any atom is -0.354 e. The monoisotopic (exact) mass is 401 g/mol. The average molecular weight is 401 g/mol. The molecule has 1 fully saturated rings. The van der Waals surface area contributed by atoms with Gasteiger partial charge in [0.05, 0.1) is 0 Å². The van der Waals surface area contributed by atoms with Crippen LogP contribution in [-0.2, 0) is 4.79 Å². The Morgan fingerprint density at radius 2 is 1.40 bits per heavy atom. The summed E-state index contributed by atoms with van der Waals surface area (Å²) in [6, 6.07) is 20.2. The molecule has 0 radical (unpaired) electrons. The van der Waals surface area contributed by atoms with E-state index in [0.717, 1.165) is 23.6 Å². The third-order valence-electron chi connectivity index (χ3n) is 5.07. The fourth-order valence-electron chi connectivity index (χ4n) is 3.19. The van der Waals surface area contributed by atoms with Gasteiger partial charge in [-0.2, -0.15) is 0 Å². The van der Waals surface area contributed by atoms with Crippen molar-refractivity contribution in [1.82, 2.24) is 10.6 Å². The van der Waals surface area contributed by atoms with E-state index in [2.05, 4.69) is 16.0 Å². The van der Waals surface area contributed by atoms with Crippen LogP contribution in [0.1, 0.15) is 33.6 Å². The Morgan fingerprint density at radius 3 is 2.13 bits per heavy atom. The predicted molar refractivity (Wildman–Crippen MR) is 116 cm³/mol. The van der Waals surface area contributed by atoms with Crippen LogP contribution in [0.4, 0.5) is 5.69 Å². The summed E-state index contributed by atoms with van der Waals surface area (Å²) < 4.78 is 0. The topological polar surface area (TPSA) is 87.3 Å². The van der Waals surface area contributed by atoms with Crippen molar-refractivity contribution in [2.24, 2.45) is 5.92 Å². The van der Waals surface area contributed by atoms with E-state index >= 15 is 0 Å². The van der Waals surface area contributed by atoms with Crippen molar-refractivity contribution in [2.75, 3.05) is 18.4 Å². The van der Waals surface area contributed by atoms with E-state index in [1.54, 1.807) is 30.3 Å². The van der Waals surface area contributed by atoms with E-state index in [-0.39, 0.29) is 23.6 Å². The summed E-state index contributed by atoms with van der Waals surface area (Å²) >= 11 is 0. The van der Waals surface area contributed by atoms with Gasteiger partial charge in [-0.05, 0) is 60.0 Å². The second-order valence-corrected chi connectivity index (χ2v) is 7.41. The maximum atomic E-state index is 12.5. The molecule has 0 spiro atoms. The maximum absolute atomic E-state index is 12.5. The lowest BCUT2D eigenvalue weighted by molar-refractivity contribution is -0.122. The molecule has 0 heterocycles. The fraction of sp³-hybridized carbons (Fsp3) is 0.208. The normalized spacial score (nSPS) is 12.9. The Kier molecular flexibility index (Phi) is 5.75. The van der Waals surface area contributed by atoms with Gasteiger partial charge < -0.3 is 16.0 Å². The van der Waals surface area contributed by atoms with Crippen LogP contribution in [0.5, 0.6) is 0 Å². The number of fused-ring (bicyclic) bond motifs is 1. The molecular weight excluding hydrogens is 378 g/mol. The Morgan fingerprint density at radius 1 is 0.733 bits per heavy atom. The molecule has 6 heteroatoms. The lowest BCUT2D eigenvalue weighted by Crippen LogP contribution is -2.35. The Labute approximate surface area is 174 Å². The second-order valence-electron chi connectivity index (χ2n) is 7.41. The van der Waals surface area contributed by atoms with Crippen molar-refractivity contribution < 1.29 is 14.4 Å². The van der Waals surface area contributed by atoms with Crippen LogP contribution >= 0.6 is 0 Å². The van der Waals surface area contributed by atoms with Gasteiger partial charge in [0.15, 0.2) is 0 Å². The fourth-order valence-corrected chi connectivity index (χ4v) is 3.19. The van der Waals surface area contributed by atoms with Gasteiger partial charge in [-0.3, -0.25) is 14.4 Å². The molecule has 0 aliphatic heterocycles. The smallest absolute Gasteiger partial charge is 0.255 e. The zero-order chi connectivity index (χ0) is 20.9. The Bertz CT molecular complexity index is 1090. The molecule has 152 valence electrons. The number of anilines is 1. The van der Waals surface area contributed by atoms with Gasteiger partial charge in [0.2, 0.25) is 5.91 Å². The van der Waals surface area contributed by atoms with Gasteiger partial charge in [-0.15, -0.1) is 0 Å². The highest BCUT2D eigenvalue weighted by Crippen LogP contribution is 2.28. The first-order valence-corrected chi connectivity index (χ1v) is 10.1. The van der Waals surface area contributed by atoms with E-state index in [4.69, 9.17) is 0 Å². The van der Waals surface area contributed by atoms with Crippen LogP contribution in [0, 0.1) is 5.92 Å². The molecule has 30 heavy (non-hydrogen) atoms. The lowest BCUT2D eigenvalue weighted by atomic mass is 10.1. The van der Waals surface area contributed by atoms with E-state index < -0.39 is 0 Å². The highest BCUT2D eigenvalue weighted by molar-refractivity contribution is 6.06. The SMILES string of the molecule is O=C(NCCNC(=O)C1CC1)c1ccc(NC(=O)c2ccc3ccccc3c2)cc1. The van der Waals surface area contributed by atoms with Crippen molar-refractivity contribution >= 4 is 34.2 Å². The van der Waals surface area contributed by atoms with Crippen LogP contribution < -0.4 is 16.0 Å². The van der Waals surface area contributed by atoms with Crippen LogP contribution in [0.25, 0.3) is 10.8 Å². The number of amides is 3. The third-order valence-corrected chi connectivity index (χ3v) is 5.07. The zero-order valence-electron chi connectivity index (χ0n) is 16.5. The van der Waals surface area contributed by atoms with Crippen molar-refractivity contribution in [3.05, 3.63) is 77.9 Å². The van der Waals surface area contributed by atoms with Crippen molar-refractivity contribution in [1.29, 1.82) is 0 Å². The molecule has 0 unspecified atom stereocenters. The molecule has 0 bridgehead atoms. The number of rotatable bonds is 7. The summed E-state index contributed by atoms with van der Waals surface area (Å²) in [4.78, 5) is 36.3. The summed E-state index contributed by atoms with van der Waals surface area (Å²) in [7, 11) is 0. The lowest BCUT2D eigenvalue weighted by Gasteiger charge is -2.09. The molecule has 1 aliphatic carbocycles. The molecule has 0 saturated heterocycles. The first-order valence-electron chi connectivity index (χ1n) is 10.1. The molecule has 4 rings (SSSR count). The first-order chi connectivity index (χ1) is 14.6. The number of hydrogen-bond acceptors (Lipinski definition) is 3. The number of nitrogens with one attached hydrogen (secondary N) is 3. The summed E-state index contributed by atoms with van der Waals surface area (Å²) in [5, 5.41) is 10.5. The molecular formula is C24H23N3O3. The molecule has 1 aliphatic rings. The van der Waals surface area contributed by atoms with E-state index in [0.29, 0.717) is 29.9 Å². The van der Waals surface area contributed by atoms with Gasteiger partial charge in [-0.25, -0.2) is 0 Å². The van der Waals surface area contributed by atoms with Crippen LogP contribution in [-0.4, -0.2) is 30.8 Å². The number of carbonyl (C=O) groups is 3. The largest absolute Gasteiger partial charge is 0.354 e. The minimum atomic E-state index is -0.219. The van der Waals surface area contributed by atoms with E-state index in [1.807, 2.05) is 36.4 Å². The van der Waals surface area contributed by atoms with E-state index in [9.17, 15) is 14.4 Å². The van der Waals surface area contributed by atoms with Gasteiger partial charge in [-0.1, -0.05) is 30.3 Å². The molecule has 6 nitrogen and oxygen atoms in total. The van der Waals surface area contributed by atoms with Crippen molar-refractivity contribution in [3.8, 4) is 0 Å². The van der Waals surface area contributed by atoms with Crippen LogP contribution in [0.2, 0.25) is 0 Å². The van der Waals surface area contributed by atoms with Gasteiger partial charge >= 0.3 is 0 Å². The molecule has 0 aromatic heterocycles. The molecule has 3 amide bonds. The third kappa shape index (κ3) is 4.84. The quantitative estimate of drug-likeness (QED) is 0.531. The number of benzene rings is 3. The van der Waals surface area contributed by atoms with Crippen LogP contribution in [0.15, 0.2) is 66.7 Å². The summed E-state index contributed by atoms with van der Waals surface area (Å²) in [6.45, 7) is 0.790. The van der Waals surface area contributed by atoms with Gasteiger partial charge in [0, 0.05) is 35.8 Å². The van der Waals surface area contributed by atoms with Crippen LogP contribution in [0.3, 0.4) is 0 Å². The standard InChI is InChI=1S/C24H23N3O3/c28-22(17-6-7-17)25-13-14-26-23(29)18-9-11-21(12-10-18)27-24(30)20-8-5-16-3-1-2-4-19(16)15-20/h1-5,8-12,15,17H,6-7,13-14H2,(H,25,28)(H,26,29)(H,27,30). The average Bonchev–Trinajstić information content (AvgIpc) is 3.62. The van der Waals surface area contributed by atoms with Gasteiger partial charge in [0.1, 0.15) is 0 Å². The predicted octanol–water partition coefficient (Wildman–Crippen LogP) is 3.35.